The van der Waals surface area contributed by atoms with Gasteiger partial charge in [0, 0.05) is 30.0 Å². The highest BCUT2D eigenvalue weighted by Crippen LogP contribution is 2.25. The lowest BCUT2D eigenvalue weighted by Crippen LogP contribution is -2.40. The van der Waals surface area contributed by atoms with E-state index in [1.807, 2.05) is 0 Å². The zero-order chi connectivity index (χ0) is 21.9. The molecule has 11 heteroatoms. The van der Waals surface area contributed by atoms with Crippen LogP contribution in [0.2, 0.25) is 0 Å². The van der Waals surface area contributed by atoms with Gasteiger partial charge in [-0.05, 0) is 42.8 Å². The van der Waals surface area contributed by atoms with Gasteiger partial charge < -0.3 is 10.1 Å². The van der Waals surface area contributed by atoms with Crippen molar-refractivity contribution in [3.8, 4) is 0 Å². The molecule has 30 heavy (non-hydrogen) atoms. The fourth-order valence-corrected chi connectivity index (χ4v) is 5.24. The van der Waals surface area contributed by atoms with Crippen LogP contribution in [0.25, 0.3) is 0 Å². The largest absolute Gasteiger partial charge is 0.379 e. The molecule has 0 bridgehead atoms. The van der Waals surface area contributed by atoms with Gasteiger partial charge in [-0.15, -0.1) is 0 Å². The summed E-state index contributed by atoms with van der Waals surface area (Å²) in [4.78, 5) is 12.7. The summed E-state index contributed by atoms with van der Waals surface area (Å²) in [7, 11) is -7.20. The van der Waals surface area contributed by atoms with Crippen molar-refractivity contribution >= 4 is 37.3 Å². The molecule has 2 aromatic carbocycles. The van der Waals surface area contributed by atoms with Crippen LogP contribution in [-0.4, -0.2) is 59.6 Å². The fraction of sp³-hybridized carbons (Fsp3) is 0.316. The summed E-state index contributed by atoms with van der Waals surface area (Å²) in [6.45, 7) is 2.93. The van der Waals surface area contributed by atoms with Crippen LogP contribution < -0.4 is 10.0 Å². The number of carbonyl (C=O) groups excluding carboxylic acids is 1. The third-order valence-corrected chi connectivity index (χ3v) is 7.11. The minimum Gasteiger partial charge on any atom is -0.379 e. The molecule has 0 spiro atoms. The molecule has 1 saturated heterocycles. The molecule has 0 aromatic heterocycles. The first-order chi connectivity index (χ1) is 14.1. The van der Waals surface area contributed by atoms with E-state index < -0.39 is 26.0 Å². The highest BCUT2D eigenvalue weighted by molar-refractivity contribution is 7.92. The van der Waals surface area contributed by atoms with Crippen LogP contribution in [0.5, 0.6) is 0 Å². The lowest BCUT2D eigenvalue weighted by molar-refractivity contribution is 0.0730. The highest BCUT2D eigenvalue weighted by Gasteiger charge is 2.28. The van der Waals surface area contributed by atoms with Crippen LogP contribution in [0.4, 0.5) is 11.4 Å². The Bertz CT molecular complexity index is 1160. The van der Waals surface area contributed by atoms with E-state index in [1.54, 1.807) is 25.1 Å². The quantitative estimate of drug-likeness (QED) is 0.686. The molecular formula is C19H23N3O6S2. The monoisotopic (exact) mass is 453 g/mol. The van der Waals surface area contributed by atoms with Crippen molar-refractivity contribution in [2.75, 3.05) is 42.6 Å². The second kappa shape index (κ2) is 8.72. The Kier molecular flexibility index (Phi) is 6.46. The second-order valence-corrected chi connectivity index (χ2v) is 10.6. The minimum absolute atomic E-state index is 0.120. The van der Waals surface area contributed by atoms with Gasteiger partial charge in [-0.25, -0.2) is 16.8 Å². The zero-order valence-electron chi connectivity index (χ0n) is 16.6. The Morgan fingerprint density at radius 2 is 1.70 bits per heavy atom. The molecule has 0 atom stereocenters. The van der Waals surface area contributed by atoms with Gasteiger partial charge in [-0.3, -0.25) is 9.52 Å². The third-order valence-electron chi connectivity index (χ3n) is 4.46. The summed E-state index contributed by atoms with van der Waals surface area (Å²) in [5.74, 6) is -0.495. The number of rotatable bonds is 6. The van der Waals surface area contributed by atoms with E-state index in [0.717, 1.165) is 6.26 Å². The standard InChI is InChI=1S/C19H23N3O6S2/c1-14-6-7-16(13-18(14)30(26,27)22-8-10-28-11-9-22)20-19(23)15-4-3-5-17(12-15)21-29(2,24)25/h3-7,12-13,21H,8-11H2,1-2H3,(H,20,23). The Balaban J connectivity index is 1.83. The zero-order valence-corrected chi connectivity index (χ0v) is 18.2. The first-order valence-corrected chi connectivity index (χ1v) is 12.5. The predicted molar refractivity (Wildman–Crippen MR) is 114 cm³/mol. The maximum atomic E-state index is 13.0. The van der Waals surface area contributed by atoms with E-state index in [4.69, 9.17) is 4.74 Å². The van der Waals surface area contributed by atoms with Crippen LogP contribution >= 0.6 is 0 Å². The van der Waals surface area contributed by atoms with E-state index >= 15 is 0 Å². The van der Waals surface area contributed by atoms with E-state index in [-0.39, 0.29) is 29.2 Å². The number of amides is 1. The van der Waals surface area contributed by atoms with Gasteiger partial charge in [-0.2, -0.15) is 4.31 Å². The number of benzene rings is 2. The van der Waals surface area contributed by atoms with E-state index in [9.17, 15) is 21.6 Å². The lowest BCUT2D eigenvalue weighted by atomic mass is 10.1. The number of nitrogens with one attached hydrogen (secondary N) is 2. The van der Waals surface area contributed by atoms with Crippen LogP contribution in [0.1, 0.15) is 15.9 Å². The van der Waals surface area contributed by atoms with Gasteiger partial charge in [0.1, 0.15) is 0 Å². The molecule has 0 saturated carbocycles. The average molecular weight is 454 g/mol. The van der Waals surface area contributed by atoms with Crippen molar-refractivity contribution in [1.29, 1.82) is 0 Å². The Morgan fingerprint density at radius 1 is 1.00 bits per heavy atom. The average Bonchev–Trinajstić information content (AvgIpc) is 2.69. The van der Waals surface area contributed by atoms with Gasteiger partial charge in [0.2, 0.25) is 20.0 Å². The molecule has 1 amide bonds. The van der Waals surface area contributed by atoms with Crippen molar-refractivity contribution in [3.63, 3.8) is 0 Å². The molecule has 1 fully saturated rings. The maximum Gasteiger partial charge on any atom is 0.255 e. The number of morpholine rings is 1. The van der Waals surface area contributed by atoms with Crippen LogP contribution in [0, 0.1) is 6.92 Å². The van der Waals surface area contributed by atoms with Crippen molar-refractivity contribution in [2.45, 2.75) is 11.8 Å². The molecule has 0 unspecified atom stereocenters. The Hall–Kier alpha value is -2.47. The predicted octanol–water partition coefficient (Wildman–Crippen LogP) is 1.64. The number of sulfonamides is 2. The number of carbonyl (C=O) groups is 1. The summed E-state index contributed by atoms with van der Waals surface area (Å²) in [5.41, 5.74) is 1.37. The lowest BCUT2D eigenvalue weighted by Gasteiger charge is -2.26. The number of nitrogens with zero attached hydrogens (tertiary/aromatic N) is 1. The molecule has 0 radical (unpaired) electrons. The Morgan fingerprint density at radius 3 is 2.37 bits per heavy atom. The first-order valence-electron chi connectivity index (χ1n) is 9.14. The molecule has 1 aliphatic rings. The van der Waals surface area contributed by atoms with Gasteiger partial charge in [-0.1, -0.05) is 12.1 Å². The number of aryl methyl sites for hydroxylation is 1. The molecule has 3 rings (SSSR count). The van der Waals surface area contributed by atoms with E-state index in [2.05, 4.69) is 10.0 Å². The molecule has 1 heterocycles. The van der Waals surface area contributed by atoms with Gasteiger partial charge in [0.15, 0.2) is 0 Å². The van der Waals surface area contributed by atoms with Crippen molar-refractivity contribution < 1.29 is 26.4 Å². The second-order valence-electron chi connectivity index (χ2n) is 6.91. The molecule has 162 valence electrons. The molecular weight excluding hydrogens is 430 g/mol. The van der Waals surface area contributed by atoms with Crippen LogP contribution in [0.3, 0.4) is 0 Å². The topological polar surface area (TPSA) is 122 Å². The van der Waals surface area contributed by atoms with Gasteiger partial charge in [0.05, 0.1) is 24.4 Å². The number of hydrogen-bond donors (Lipinski definition) is 2. The first kappa shape index (κ1) is 22.2. The fourth-order valence-electron chi connectivity index (χ4n) is 3.02. The highest BCUT2D eigenvalue weighted by atomic mass is 32.2. The van der Waals surface area contributed by atoms with Gasteiger partial charge in [0.25, 0.3) is 5.91 Å². The SMILES string of the molecule is Cc1ccc(NC(=O)c2cccc(NS(C)(=O)=O)c2)cc1S(=O)(=O)N1CCOCC1. The minimum atomic E-state index is -3.72. The smallest absolute Gasteiger partial charge is 0.255 e. The summed E-state index contributed by atoms with van der Waals surface area (Å²) in [5, 5.41) is 2.67. The summed E-state index contributed by atoms with van der Waals surface area (Å²) < 4.78 is 57.6. The number of anilines is 2. The summed E-state index contributed by atoms with van der Waals surface area (Å²) in [6, 6.07) is 10.7. The molecule has 2 N–H and O–H groups in total. The van der Waals surface area contributed by atoms with Crippen molar-refractivity contribution in [2.24, 2.45) is 0 Å². The van der Waals surface area contributed by atoms with E-state index in [0.29, 0.717) is 24.5 Å². The molecule has 2 aromatic rings. The van der Waals surface area contributed by atoms with E-state index in [1.165, 1.54) is 28.6 Å². The maximum absolute atomic E-state index is 13.0. The van der Waals surface area contributed by atoms with Crippen LogP contribution in [-0.2, 0) is 24.8 Å². The summed E-state index contributed by atoms with van der Waals surface area (Å²) in [6.07, 6.45) is 1.02. The molecule has 9 nitrogen and oxygen atoms in total. The van der Waals surface area contributed by atoms with Crippen LogP contribution in [0.15, 0.2) is 47.4 Å². The molecule has 1 aliphatic heterocycles. The normalized spacial score (nSPS) is 15.5. The number of hydrogen-bond acceptors (Lipinski definition) is 6. The van der Waals surface area contributed by atoms with Crippen molar-refractivity contribution in [1.82, 2.24) is 4.31 Å². The summed E-state index contributed by atoms with van der Waals surface area (Å²) >= 11 is 0. The number of ether oxygens (including phenoxy) is 1. The van der Waals surface area contributed by atoms with Crippen molar-refractivity contribution in [3.05, 3.63) is 53.6 Å². The van der Waals surface area contributed by atoms with Gasteiger partial charge >= 0.3 is 0 Å². The Labute approximate surface area is 176 Å². The third kappa shape index (κ3) is 5.36. The molecule has 0 aliphatic carbocycles.